The molecular weight excluding hydrogens is 476 g/mol. The fourth-order valence-corrected chi connectivity index (χ4v) is 6.67. The lowest BCUT2D eigenvalue weighted by atomic mass is 9.73. The number of anilines is 2. The standard InChI is InChI=1S/C28H30N2O5S/c1-34-24-13-10-22(11-14-24)28(15-18-35-19-16-28)27(31)29-23-12-9-21-6-5-17-30(26(21)20-23)36(32,33)25-7-3-2-4-8-25/h2-4,7-14,20H,5-6,15-19H2,1H3,(H,29,31). The number of carbonyl (C=O) groups is 1. The molecule has 3 aromatic rings. The molecule has 188 valence electrons. The topological polar surface area (TPSA) is 84.9 Å². The largest absolute Gasteiger partial charge is 0.497 e. The second kappa shape index (κ2) is 9.95. The fourth-order valence-electron chi connectivity index (χ4n) is 5.12. The summed E-state index contributed by atoms with van der Waals surface area (Å²) >= 11 is 0. The van der Waals surface area contributed by atoms with Crippen molar-refractivity contribution >= 4 is 27.3 Å². The van der Waals surface area contributed by atoms with E-state index >= 15 is 0 Å². The minimum atomic E-state index is -3.71. The van der Waals surface area contributed by atoms with Crippen LogP contribution in [-0.4, -0.2) is 41.2 Å². The number of aryl methyl sites for hydroxylation is 1. The molecule has 2 aliphatic rings. The van der Waals surface area contributed by atoms with Crippen molar-refractivity contribution in [2.24, 2.45) is 0 Å². The minimum Gasteiger partial charge on any atom is -0.497 e. The molecule has 7 nitrogen and oxygen atoms in total. The van der Waals surface area contributed by atoms with Gasteiger partial charge in [-0.2, -0.15) is 0 Å². The van der Waals surface area contributed by atoms with E-state index in [1.165, 1.54) is 4.31 Å². The Bertz CT molecular complexity index is 1330. The first-order valence-corrected chi connectivity index (χ1v) is 13.6. The van der Waals surface area contributed by atoms with E-state index in [0.717, 1.165) is 29.7 Å². The number of fused-ring (bicyclic) bond motifs is 1. The molecule has 0 atom stereocenters. The monoisotopic (exact) mass is 506 g/mol. The van der Waals surface area contributed by atoms with Crippen LogP contribution in [0.2, 0.25) is 0 Å². The first-order chi connectivity index (χ1) is 17.4. The van der Waals surface area contributed by atoms with Crippen molar-refractivity contribution < 1.29 is 22.7 Å². The second-order valence-electron chi connectivity index (χ2n) is 9.21. The molecule has 0 aliphatic carbocycles. The Balaban J connectivity index is 1.46. The molecule has 0 bridgehead atoms. The molecule has 0 spiro atoms. The van der Waals surface area contributed by atoms with E-state index in [1.54, 1.807) is 43.5 Å². The van der Waals surface area contributed by atoms with Crippen LogP contribution in [0.1, 0.15) is 30.4 Å². The van der Waals surface area contributed by atoms with Crippen LogP contribution < -0.4 is 14.4 Å². The number of hydrogen-bond acceptors (Lipinski definition) is 5. The summed E-state index contributed by atoms with van der Waals surface area (Å²) in [4.78, 5) is 14.0. The van der Waals surface area contributed by atoms with Gasteiger partial charge in [-0.15, -0.1) is 0 Å². The molecule has 2 aliphatic heterocycles. The van der Waals surface area contributed by atoms with E-state index in [-0.39, 0.29) is 10.8 Å². The van der Waals surface area contributed by atoms with Gasteiger partial charge in [0.05, 0.1) is 23.1 Å². The molecule has 3 aromatic carbocycles. The smallest absolute Gasteiger partial charge is 0.264 e. The zero-order valence-corrected chi connectivity index (χ0v) is 21.1. The number of ether oxygens (including phenoxy) is 2. The lowest BCUT2D eigenvalue weighted by Crippen LogP contribution is -2.45. The summed E-state index contributed by atoms with van der Waals surface area (Å²) in [5, 5.41) is 3.09. The maximum absolute atomic E-state index is 13.8. The molecule has 0 saturated carbocycles. The van der Waals surface area contributed by atoms with Crippen LogP contribution in [0.4, 0.5) is 11.4 Å². The Kier molecular flexibility index (Phi) is 6.73. The van der Waals surface area contributed by atoms with Gasteiger partial charge in [-0.3, -0.25) is 9.10 Å². The third-order valence-corrected chi connectivity index (χ3v) is 9.00. The number of amides is 1. The van der Waals surface area contributed by atoms with Gasteiger partial charge in [0.1, 0.15) is 5.75 Å². The quantitative estimate of drug-likeness (QED) is 0.531. The maximum Gasteiger partial charge on any atom is 0.264 e. The van der Waals surface area contributed by atoms with E-state index < -0.39 is 15.4 Å². The predicted octanol–water partition coefficient (Wildman–Crippen LogP) is 4.52. The van der Waals surface area contributed by atoms with Gasteiger partial charge in [0, 0.05) is 25.4 Å². The van der Waals surface area contributed by atoms with Gasteiger partial charge in [0.25, 0.3) is 10.0 Å². The molecule has 36 heavy (non-hydrogen) atoms. The SMILES string of the molecule is COc1ccc(C2(C(=O)Nc3ccc4c(c3)N(S(=O)(=O)c3ccccc3)CCC4)CCOCC2)cc1. The van der Waals surface area contributed by atoms with Crippen LogP contribution in [0.25, 0.3) is 0 Å². The Morgan fingerprint density at radius 1 is 1.00 bits per heavy atom. The van der Waals surface area contributed by atoms with Crippen LogP contribution in [0.5, 0.6) is 5.75 Å². The van der Waals surface area contributed by atoms with Crippen molar-refractivity contribution in [1.82, 2.24) is 0 Å². The van der Waals surface area contributed by atoms with E-state index in [1.807, 2.05) is 36.4 Å². The molecule has 0 unspecified atom stereocenters. The molecule has 1 saturated heterocycles. The van der Waals surface area contributed by atoms with Gasteiger partial charge < -0.3 is 14.8 Å². The number of nitrogens with one attached hydrogen (secondary N) is 1. The van der Waals surface area contributed by atoms with Gasteiger partial charge in [-0.1, -0.05) is 36.4 Å². The summed E-state index contributed by atoms with van der Waals surface area (Å²) in [5.74, 6) is 0.611. The van der Waals surface area contributed by atoms with Crippen LogP contribution >= 0.6 is 0 Å². The van der Waals surface area contributed by atoms with Gasteiger partial charge in [0.2, 0.25) is 5.91 Å². The number of sulfonamides is 1. The Hall–Kier alpha value is -3.36. The normalized spacial score (nSPS) is 17.2. The molecule has 1 amide bonds. The summed E-state index contributed by atoms with van der Waals surface area (Å²) in [5.41, 5.74) is 2.32. The number of carbonyl (C=O) groups excluding carboxylic acids is 1. The van der Waals surface area contributed by atoms with Gasteiger partial charge >= 0.3 is 0 Å². The van der Waals surface area contributed by atoms with Crippen molar-refractivity contribution in [2.45, 2.75) is 36.0 Å². The fraction of sp³-hybridized carbons (Fsp3) is 0.321. The number of benzene rings is 3. The summed E-state index contributed by atoms with van der Waals surface area (Å²) in [6, 6.07) is 21.6. The number of nitrogens with zero attached hydrogens (tertiary/aromatic N) is 1. The van der Waals surface area contributed by atoms with E-state index in [9.17, 15) is 13.2 Å². The third-order valence-electron chi connectivity index (χ3n) is 7.17. The molecule has 5 rings (SSSR count). The van der Waals surface area contributed by atoms with Crippen molar-refractivity contribution in [3.63, 3.8) is 0 Å². The van der Waals surface area contributed by atoms with E-state index in [0.29, 0.717) is 44.0 Å². The van der Waals surface area contributed by atoms with E-state index in [2.05, 4.69) is 5.32 Å². The highest BCUT2D eigenvalue weighted by molar-refractivity contribution is 7.92. The Morgan fingerprint density at radius 2 is 1.72 bits per heavy atom. The Morgan fingerprint density at radius 3 is 2.42 bits per heavy atom. The lowest BCUT2D eigenvalue weighted by Gasteiger charge is -2.36. The number of methoxy groups -OCH3 is 1. The van der Waals surface area contributed by atoms with E-state index in [4.69, 9.17) is 9.47 Å². The highest BCUT2D eigenvalue weighted by Gasteiger charge is 2.42. The molecule has 8 heteroatoms. The third kappa shape index (κ3) is 4.47. The number of hydrogen-bond donors (Lipinski definition) is 1. The van der Waals surface area contributed by atoms with Gasteiger partial charge in [-0.05, 0) is 73.2 Å². The zero-order valence-electron chi connectivity index (χ0n) is 20.3. The maximum atomic E-state index is 13.8. The molecule has 2 heterocycles. The first kappa shape index (κ1) is 24.3. The zero-order chi connectivity index (χ0) is 25.2. The van der Waals surface area contributed by atoms with Crippen LogP contribution in [-0.2, 0) is 31.4 Å². The summed E-state index contributed by atoms with van der Waals surface area (Å²) < 4.78 is 39.2. The Labute approximate surface area is 212 Å². The summed E-state index contributed by atoms with van der Waals surface area (Å²) in [6.45, 7) is 1.38. The molecule has 0 aromatic heterocycles. The summed E-state index contributed by atoms with van der Waals surface area (Å²) in [7, 11) is -2.10. The molecule has 1 N–H and O–H groups in total. The van der Waals surface area contributed by atoms with Crippen LogP contribution in [0.3, 0.4) is 0 Å². The lowest BCUT2D eigenvalue weighted by molar-refractivity contribution is -0.125. The van der Waals surface area contributed by atoms with Crippen molar-refractivity contribution in [3.8, 4) is 5.75 Å². The molecule has 1 fully saturated rings. The van der Waals surface area contributed by atoms with Crippen molar-refractivity contribution in [3.05, 3.63) is 83.9 Å². The predicted molar refractivity (Wildman–Crippen MR) is 139 cm³/mol. The minimum absolute atomic E-state index is 0.121. The molecular formula is C28H30N2O5S. The van der Waals surface area contributed by atoms with Crippen molar-refractivity contribution in [1.29, 1.82) is 0 Å². The van der Waals surface area contributed by atoms with Crippen LogP contribution in [0.15, 0.2) is 77.7 Å². The average molecular weight is 507 g/mol. The van der Waals surface area contributed by atoms with Gasteiger partial charge in [0.15, 0.2) is 0 Å². The second-order valence-corrected chi connectivity index (χ2v) is 11.1. The highest BCUT2D eigenvalue weighted by atomic mass is 32.2. The first-order valence-electron chi connectivity index (χ1n) is 12.2. The molecule has 0 radical (unpaired) electrons. The number of rotatable bonds is 6. The van der Waals surface area contributed by atoms with Gasteiger partial charge in [-0.25, -0.2) is 8.42 Å². The van der Waals surface area contributed by atoms with Crippen molar-refractivity contribution in [2.75, 3.05) is 36.5 Å². The highest BCUT2D eigenvalue weighted by Crippen LogP contribution is 2.38. The average Bonchev–Trinajstić information content (AvgIpc) is 2.93. The van der Waals surface area contributed by atoms with Crippen LogP contribution in [0, 0.1) is 0 Å². The summed E-state index contributed by atoms with van der Waals surface area (Å²) in [6.07, 6.45) is 2.65.